The van der Waals surface area contributed by atoms with Crippen molar-refractivity contribution >= 4 is 11.8 Å². The number of nitro benzene ring substituents is 1. The molecule has 1 unspecified atom stereocenters. The molecule has 0 aliphatic rings. The Morgan fingerprint density at radius 2 is 2.14 bits per heavy atom. The first-order valence-corrected chi connectivity index (χ1v) is 6.66. The van der Waals surface area contributed by atoms with Gasteiger partial charge in [0.1, 0.15) is 5.60 Å². The van der Waals surface area contributed by atoms with E-state index in [4.69, 9.17) is 10.5 Å². The zero-order valence-corrected chi connectivity index (χ0v) is 12.5. The second kappa shape index (κ2) is 7.03. The fraction of sp³-hybridized carbons (Fsp3) is 0.500. The van der Waals surface area contributed by atoms with Crippen LogP contribution in [0.25, 0.3) is 0 Å². The van der Waals surface area contributed by atoms with Gasteiger partial charge >= 0.3 is 6.09 Å². The topological polar surface area (TPSA) is 107 Å². The molecule has 0 fully saturated rings. The minimum atomic E-state index is -0.549. The van der Waals surface area contributed by atoms with Gasteiger partial charge in [-0.25, -0.2) is 4.79 Å². The highest BCUT2D eigenvalue weighted by atomic mass is 16.6. The number of nitro groups is 1. The number of nitrogens with one attached hydrogen (secondary N) is 1. The van der Waals surface area contributed by atoms with Crippen molar-refractivity contribution in [2.45, 2.75) is 38.8 Å². The molecule has 1 amide bonds. The van der Waals surface area contributed by atoms with Crippen molar-refractivity contribution in [1.29, 1.82) is 0 Å². The van der Waals surface area contributed by atoms with Gasteiger partial charge in [0.05, 0.1) is 4.92 Å². The summed E-state index contributed by atoms with van der Waals surface area (Å²) in [5.41, 5.74) is 6.08. The van der Waals surface area contributed by atoms with Crippen LogP contribution in [0.1, 0.15) is 38.8 Å². The molecular weight excluding hydrogens is 274 g/mol. The van der Waals surface area contributed by atoms with E-state index in [0.29, 0.717) is 18.5 Å². The molecule has 1 rings (SSSR count). The van der Waals surface area contributed by atoms with Gasteiger partial charge in [0, 0.05) is 24.7 Å². The van der Waals surface area contributed by atoms with E-state index in [1.165, 1.54) is 12.1 Å². The molecule has 7 nitrogen and oxygen atoms in total. The zero-order valence-electron chi connectivity index (χ0n) is 12.5. The Labute approximate surface area is 123 Å². The van der Waals surface area contributed by atoms with Crippen LogP contribution in [0.2, 0.25) is 0 Å². The number of carbonyl (C=O) groups excluding carboxylic acids is 1. The van der Waals surface area contributed by atoms with Crippen molar-refractivity contribution in [2.24, 2.45) is 5.73 Å². The van der Waals surface area contributed by atoms with Crippen LogP contribution in [0, 0.1) is 10.1 Å². The minimum Gasteiger partial charge on any atom is -0.444 e. The SMILES string of the molecule is CC(C)(C)OC(=O)NCCC(N)c1cccc([N+](=O)[O-])c1. The van der Waals surface area contributed by atoms with E-state index < -0.39 is 16.6 Å². The van der Waals surface area contributed by atoms with E-state index in [1.54, 1.807) is 32.9 Å². The third-order valence-electron chi connectivity index (χ3n) is 2.63. The first kappa shape index (κ1) is 16.9. The Balaban J connectivity index is 2.47. The van der Waals surface area contributed by atoms with E-state index in [0.717, 1.165) is 0 Å². The smallest absolute Gasteiger partial charge is 0.407 e. The van der Waals surface area contributed by atoms with E-state index >= 15 is 0 Å². The van der Waals surface area contributed by atoms with Crippen LogP contribution in [0.4, 0.5) is 10.5 Å². The lowest BCUT2D eigenvalue weighted by molar-refractivity contribution is -0.384. The number of benzene rings is 1. The molecule has 0 bridgehead atoms. The average Bonchev–Trinajstić information content (AvgIpc) is 2.36. The highest BCUT2D eigenvalue weighted by molar-refractivity contribution is 5.67. The molecule has 0 heterocycles. The molecule has 1 aromatic rings. The summed E-state index contributed by atoms with van der Waals surface area (Å²) in [6.45, 7) is 5.67. The number of nitrogens with zero attached hydrogens (tertiary/aromatic N) is 1. The summed E-state index contributed by atoms with van der Waals surface area (Å²) >= 11 is 0. The third-order valence-corrected chi connectivity index (χ3v) is 2.63. The predicted octanol–water partition coefficient (Wildman–Crippen LogP) is 2.51. The number of alkyl carbamates (subject to hydrolysis) is 1. The van der Waals surface area contributed by atoms with Crippen molar-refractivity contribution in [3.63, 3.8) is 0 Å². The summed E-state index contributed by atoms with van der Waals surface area (Å²) in [7, 11) is 0. The molecule has 0 aliphatic carbocycles. The number of rotatable bonds is 5. The van der Waals surface area contributed by atoms with Crippen LogP contribution in [0.3, 0.4) is 0 Å². The van der Waals surface area contributed by atoms with Crippen LogP contribution in [-0.2, 0) is 4.74 Å². The molecule has 0 spiro atoms. The highest BCUT2D eigenvalue weighted by Crippen LogP contribution is 2.19. The summed E-state index contributed by atoms with van der Waals surface area (Å²) in [5, 5.41) is 13.3. The van der Waals surface area contributed by atoms with Gasteiger partial charge in [0.25, 0.3) is 5.69 Å². The Bertz CT molecular complexity index is 511. The Hall–Kier alpha value is -2.15. The molecule has 0 aliphatic heterocycles. The first-order valence-electron chi connectivity index (χ1n) is 6.66. The Morgan fingerprint density at radius 3 is 2.71 bits per heavy atom. The number of hydrogen-bond donors (Lipinski definition) is 2. The number of hydrogen-bond acceptors (Lipinski definition) is 5. The van der Waals surface area contributed by atoms with Crippen molar-refractivity contribution in [3.8, 4) is 0 Å². The largest absolute Gasteiger partial charge is 0.444 e. The van der Waals surface area contributed by atoms with E-state index in [-0.39, 0.29) is 11.7 Å². The number of non-ortho nitro benzene ring substituents is 1. The maximum Gasteiger partial charge on any atom is 0.407 e. The normalized spacial score (nSPS) is 12.6. The fourth-order valence-corrected chi connectivity index (χ4v) is 1.68. The van der Waals surface area contributed by atoms with Crippen molar-refractivity contribution in [2.75, 3.05) is 6.54 Å². The van der Waals surface area contributed by atoms with Gasteiger partial charge in [-0.1, -0.05) is 12.1 Å². The van der Waals surface area contributed by atoms with Gasteiger partial charge in [-0.2, -0.15) is 0 Å². The summed E-state index contributed by atoms with van der Waals surface area (Å²) in [6, 6.07) is 5.78. The van der Waals surface area contributed by atoms with Crippen LogP contribution < -0.4 is 11.1 Å². The monoisotopic (exact) mass is 295 g/mol. The average molecular weight is 295 g/mol. The van der Waals surface area contributed by atoms with Crippen LogP contribution in [0.5, 0.6) is 0 Å². The standard InChI is InChI=1S/C14H21N3O4/c1-14(2,3)21-13(18)16-8-7-12(15)10-5-4-6-11(9-10)17(19)20/h4-6,9,12H,7-8,15H2,1-3H3,(H,16,18). The Kier molecular flexibility index (Phi) is 5.66. The fourth-order valence-electron chi connectivity index (χ4n) is 1.68. The van der Waals surface area contributed by atoms with Gasteiger partial charge in [-0.15, -0.1) is 0 Å². The van der Waals surface area contributed by atoms with Crippen LogP contribution in [0.15, 0.2) is 24.3 Å². The highest BCUT2D eigenvalue weighted by Gasteiger charge is 2.16. The zero-order chi connectivity index (χ0) is 16.0. The van der Waals surface area contributed by atoms with Gasteiger partial charge < -0.3 is 15.8 Å². The van der Waals surface area contributed by atoms with E-state index in [9.17, 15) is 14.9 Å². The summed E-state index contributed by atoms with van der Waals surface area (Å²) in [6.07, 6.45) is -0.0471. The van der Waals surface area contributed by atoms with E-state index in [1.807, 2.05) is 0 Å². The van der Waals surface area contributed by atoms with Crippen molar-refractivity contribution < 1.29 is 14.5 Å². The number of nitrogens with two attached hydrogens (primary N) is 1. The Morgan fingerprint density at radius 1 is 1.48 bits per heavy atom. The van der Waals surface area contributed by atoms with Gasteiger partial charge in [0.2, 0.25) is 0 Å². The molecule has 0 saturated carbocycles. The van der Waals surface area contributed by atoms with Crippen LogP contribution in [-0.4, -0.2) is 23.2 Å². The molecule has 0 saturated heterocycles. The maximum absolute atomic E-state index is 11.5. The maximum atomic E-state index is 11.5. The molecule has 0 radical (unpaired) electrons. The third kappa shape index (κ3) is 6.22. The summed E-state index contributed by atoms with van der Waals surface area (Å²) in [4.78, 5) is 21.7. The lowest BCUT2D eigenvalue weighted by Gasteiger charge is -2.20. The quantitative estimate of drug-likeness (QED) is 0.641. The predicted molar refractivity (Wildman–Crippen MR) is 78.9 cm³/mol. The molecule has 1 atom stereocenters. The van der Waals surface area contributed by atoms with Crippen molar-refractivity contribution in [1.82, 2.24) is 5.32 Å². The van der Waals surface area contributed by atoms with E-state index in [2.05, 4.69) is 5.32 Å². The number of amides is 1. The number of ether oxygens (including phenoxy) is 1. The second-order valence-electron chi connectivity index (χ2n) is 5.68. The molecule has 116 valence electrons. The van der Waals surface area contributed by atoms with Gasteiger partial charge in [-0.05, 0) is 32.8 Å². The minimum absolute atomic E-state index is 0.00283. The molecule has 21 heavy (non-hydrogen) atoms. The van der Waals surface area contributed by atoms with Crippen molar-refractivity contribution in [3.05, 3.63) is 39.9 Å². The first-order chi connectivity index (χ1) is 9.69. The molecule has 1 aromatic carbocycles. The molecule has 7 heteroatoms. The second-order valence-corrected chi connectivity index (χ2v) is 5.68. The summed E-state index contributed by atoms with van der Waals surface area (Å²) in [5.74, 6) is 0. The van der Waals surface area contributed by atoms with Gasteiger partial charge in [-0.3, -0.25) is 10.1 Å². The molecule has 0 aromatic heterocycles. The lowest BCUT2D eigenvalue weighted by atomic mass is 10.0. The van der Waals surface area contributed by atoms with Gasteiger partial charge in [0.15, 0.2) is 0 Å². The lowest BCUT2D eigenvalue weighted by Crippen LogP contribution is -2.34. The molecule has 3 N–H and O–H groups in total. The summed E-state index contributed by atoms with van der Waals surface area (Å²) < 4.78 is 5.10. The molecular formula is C14H21N3O4. The number of carbonyl (C=O) groups is 1. The van der Waals surface area contributed by atoms with Crippen LogP contribution >= 0.6 is 0 Å².